The SMILES string of the molecule is CC(C)C(NCC1CCSC1)c1ccc(F)cc1. The fraction of sp³-hybridized carbons (Fsp3) is 0.600. The van der Waals surface area contributed by atoms with E-state index in [9.17, 15) is 4.39 Å². The van der Waals surface area contributed by atoms with Crippen LogP contribution in [0.15, 0.2) is 24.3 Å². The highest BCUT2D eigenvalue weighted by molar-refractivity contribution is 7.99. The first kappa shape index (κ1) is 13.9. The Kier molecular flexibility index (Phi) is 5.07. The van der Waals surface area contributed by atoms with Gasteiger partial charge in [0.1, 0.15) is 5.82 Å². The van der Waals surface area contributed by atoms with Crippen molar-refractivity contribution >= 4 is 11.8 Å². The monoisotopic (exact) mass is 267 g/mol. The number of rotatable bonds is 5. The molecule has 18 heavy (non-hydrogen) atoms. The summed E-state index contributed by atoms with van der Waals surface area (Å²) in [6, 6.07) is 7.23. The van der Waals surface area contributed by atoms with Crippen molar-refractivity contribution in [2.75, 3.05) is 18.1 Å². The fourth-order valence-corrected chi connectivity index (χ4v) is 3.73. The lowest BCUT2D eigenvalue weighted by Crippen LogP contribution is -2.30. The molecule has 1 aromatic rings. The van der Waals surface area contributed by atoms with Crippen LogP contribution >= 0.6 is 11.8 Å². The molecule has 1 aliphatic heterocycles. The largest absolute Gasteiger partial charge is 0.309 e. The highest BCUT2D eigenvalue weighted by atomic mass is 32.2. The Morgan fingerprint density at radius 1 is 1.33 bits per heavy atom. The third-order valence-electron chi connectivity index (χ3n) is 3.55. The molecule has 0 aromatic heterocycles. The van der Waals surface area contributed by atoms with Gasteiger partial charge < -0.3 is 5.32 Å². The van der Waals surface area contributed by atoms with Crippen LogP contribution in [0.25, 0.3) is 0 Å². The van der Waals surface area contributed by atoms with Crippen LogP contribution in [-0.2, 0) is 0 Å². The Morgan fingerprint density at radius 2 is 2.06 bits per heavy atom. The normalized spacial score (nSPS) is 21.4. The summed E-state index contributed by atoms with van der Waals surface area (Å²) in [4.78, 5) is 0. The lowest BCUT2D eigenvalue weighted by atomic mass is 9.95. The summed E-state index contributed by atoms with van der Waals surface area (Å²) in [5.74, 6) is 3.74. The molecule has 0 radical (unpaired) electrons. The Bertz CT molecular complexity index is 357. The van der Waals surface area contributed by atoms with Gasteiger partial charge in [-0.25, -0.2) is 4.39 Å². The van der Waals surface area contributed by atoms with Crippen LogP contribution < -0.4 is 5.32 Å². The van der Waals surface area contributed by atoms with E-state index in [1.54, 1.807) is 12.1 Å². The predicted molar refractivity (Wildman–Crippen MR) is 77.4 cm³/mol. The molecule has 1 aromatic carbocycles. The van der Waals surface area contributed by atoms with Crippen LogP contribution in [0.5, 0.6) is 0 Å². The van der Waals surface area contributed by atoms with Crippen LogP contribution in [-0.4, -0.2) is 18.1 Å². The van der Waals surface area contributed by atoms with Crippen LogP contribution in [0.4, 0.5) is 4.39 Å². The molecule has 2 unspecified atom stereocenters. The lowest BCUT2D eigenvalue weighted by Gasteiger charge is -2.24. The van der Waals surface area contributed by atoms with Crippen molar-refractivity contribution in [1.82, 2.24) is 5.32 Å². The first-order chi connectivity index (χ1) is 8.66. The highest BCUT2D eigenvalue weighted by Gasteiger charge is 2.20. The van der Waals surface area contributed by atoms with Gasteiger partial charge in [-0.1, -0.05) is 26.0 Å². The second-order valence-corrected chi connectivity index (χ2v) is 6.56. The van der Waals surface area contributed by atoms with Gasteiger partial charge in [-0.15, -0.1) is 0 Å². The standard InChI is InChI=1S/C15H22FNS/c1-11(2)15(13-3-5-14(16)6-4-13)17-9-12-7-8-18-10-12/h3-6,11-12,15,17H,7-10H2,1-2H3. The lowest BCUT2D eigenvalue weighted by molar-refractivity contribution is 0.381. The average Bonchev–Trinajstić information content (AvgIpc) is 2.84. The molecule has 0 bridgehead atoms. The zero-order valence-electron chi connectivity index (χ0n) is 11.2. The van der Waals surface area contributed by atoms with Crippen LogP contribution in [0.1, 0.15) is 31.9 Å². The smallest absolute Gasteiger partial charge is 0.123 e. The third-order valence-corrected chi connectivity index (χ3v) is 4.78. The molecule has 0 saturated carbocycles. The molecule has 3 heteroatoms. The molecule has 1 aliphatic rings. The van der Waals surface area contributed by atoms with E-state index in [2.05, 4.69) is 30.9 Å². The maximum Gasteiger partial charge on any atom is 0.123 e. The summed E-state index contributed by atoms with van der Waals surface area (Å²) < 4.78 is 13.0. The maximum atomic E-state index is 13.0. The summed E-state index contributed by atoms with van der Waals surface area (Å²) in [6.07, 6.45) is 1.33. The van der Waals surface area contributed by atoms with Gasteiger partial charge in [0.15, 0.2) is 0 Å². The second-order valence-electron chi connectivity index (χ2n) is 5.41. The van der Waals surface area contributed by atoms with Gasteiger partial charge in [0.2, 0.25) is 0 Å². The van der Waals surface area contributed by atoms with Gasteiger partial charge in [0, 0.05) is 6.04 Å². The number of hydrogen-bond acceptors (Lipinski definition) is 2. The van der Waals surface area contributed by atoms with Crippen LogP contribution in [0.2, 0.25) is 0 Å². The zero-order chi connectivity index (χ0) is 13.0. The van der Waals surface area contributed by atoms with E-state index >= 15 is 0 Å². The Hall–Kier alpha value is -0.540. The molecule has 0 aliphatic carbocycles. The van der Waals surface area contributed by atoms with Crippen LogP contribution in [0, 0.1) is 17.7 Å². The molecule has 0 amide bonds. The summed E-state index contributed by atoms with van der Waals surface area (Å²) in [7, 11) is 0. The van der Waals surface area contributed by atoms with E-state index in [0.29, 0.717) is 12.0 Å². The summed E-state index contributed by atoms with van der Waals surface area (Å²) in [5, 5.41) is 3.66. The van der Waals surface area contributed by atoms with Gasteiger partial charge in [-0.05, 0) is 54.0 Å². The Balaban J connectivity index is 1.96. The first-order valence-electron chi connectivity index (χ1n) is 6.73. The molecule has 2 rings (SSSR count). The van der Waals surface area contributed by atoms with Gasteiger partial charge in [-0.3, -0.25) is 0 Å². The van der Waals surface area contributed by atoms with E-state index in [1.165, 1.54) is 23.5 Å². The molecular weight excluding hydrogens is 245 g/mol. The van der Waals surface area contributed by atoms with E-state index < -0.39 is 0 Å². The molecule has 1 heterocycles. The number of nitrogens with one attached hydrogen (secondary N) is 1. The van der Waals surface area contributed by atoms with Crippen molar-refractivity contribution in [2.45, 2.75) is 26.3 Å². The topological polar surface area (TPSA) is 12.0 Å². The summed E-state index contributed by atoms with van der Waals surface area (Å²) in [5.41, 5.74) is 1.19. The van der Waals surface area contributed by atoms with Crippen molar-refractivity contribution < 1.29 is 4.39 Å². The van der Waals surface area contributed by atoms with Crippen LogP contribution in [0.3, 0.4) is 0 Å². The van der Waals surface area contributed by atoms with Crippen molar-refractivity contribution in [3.8, 4) is 0 Å². The molecule has 100 valence electrons. The minimum absolute atomic E-state index is 0.159. The summed E-state index contributed by atoms with van der Waals surface area (Å²) >= 11 is 2.05. The summed E-state index contributed by atoms with van der Waals surface area (Å²) in [6.45, 7) is 5.50. The zero-order valence-corrected chi connectivity index (χ0v) is 12.0. The molecule has 1 fully saturated rings. The van der Waals surface area contributed by atoms with Crippen molar-refractivity contribution in [2.24, 2.45) is 11.8 Å². The number of benzene rings is 1. The maximum absolute atomic E-state index is 13.0. The average molecular weight is 267 g/mol. The molecule has 2 atom stereocenters. The Morgan fingerprint density at radius 3 is 2.61 bits per heavy atom. The number of thioether (sulfide) groups is 1. The predicted octanol–water partition coefficient (Wildman–Crippen LogP) is 3.87. The van der Waals surface area contributed by atoms with E-state index in [0.717, 1.165) is 12.5 Å². The molecular formula is C15H22FNS. The van der Waals surface area contributed by atoms with E-state index in [1.807, 2.05) is 12.1 Å². The molecule has 0 spiro atoms. The number of halogens is 1. The third kappa shape index (κ3) is 3.72. The first-order valence-corrected chi connectivity index (χ1v) is 7.89. The van der Waals surface area contributed by atoms with E-state index in [-0.39, 0.29) is 5.82 Å². The fourth-order valence-electron chi connectivity index (χ4n) is 2.45. The van der Waals surface area contributed by atoms with Crippen molar-refractivity contribution in [3.63, 3.8) is 0 Å². The minimum atomic E-state index is -0.159. The Labute approximate surface area is 114 Å². The van der Waals surface area contributed by atoms with E-state index in [4.69, 9.17) is 0 Å². The van der Waals surface area contributed by atoms with Gasteiger partial charge in [0.05, 0.1) is 0 Å². The minimum Gasteiger partial charge on any atom is -0.309 e. The second kappa shape index (κ2) is 6.58. The molecule has 1 nitrogen and oxygen atoms in total. The van der Waals surface area contributed by atoms with Crippen molar-refractivity contribution in [3.05, 3.63) is 35.6 Å². The molecule has 1 N–H and O–H groups in total. The number of hydrogen-bond donors (Lipinski definition) is 1. The quantitative estimate of drug-likeness (QED) is 0.869. The van der Waals surface area contributed by atoms with Gasteiger partial charge in [0.25, 0.3) is 0 Å². The molecule has 1 saturated heterocycles. The van der Waals surface area contributed by atoms with Gasteiger partial charge in [-0.2, -0.15) is 11.8 Å². The van der Waals surface area contributed by atoms with Crippen molar-refractivity contribution in [1.29, 1.82) is 0 Å². The van der Waals surface area contributed by atoms with Gasteiger partial charge >= 0.3 is 0 Å². The highest BCUT2D eigenvalue weighted by Crippen LogP contribution is 2.26.